The fraction of sp³-hybridized carbons (Fsp3) is 0.542. The van der Waals surface area contributed by atoms with Crippen LogP contribution in [-0.4, -0.2) is 48.5 Å². The molecule has 2 N–H and O–H groups in total. The quantitative estimate of drug-likeness (QED) is 0.538. The molecule has 1 saturated carbocycles. The van der Waals surface area contributed by atoms with E-state index < -0.39 is 17.3 Å². The number of thiophene rings is 1. The first kappa shape index (κ1) is 23.7. The van der Waals surface area contributed by atoms with Crippen LogP contribution in [-0.2, 0) is 11.2 Å². The molecule has 0 unspecified atom stereocenters. The van der Waals surface area contributed by atoms with Crippen molar-refractivity contribution in [2.45, 2.75) is 57.4 Å². The van der Waals surface area contributed by atoms with E-state index in [1.54, 1.807) is 12.1 Å². The molecule has 3 rings (SSSR count). The lowest BCUT2D eigenvalue weighted by atomic mass is 9.78. The second kappa shape index (κ2) is 9.25. The van der Waals surface area contributed by atoms with Gasteiger partial charge >= 0.3 is 0 Å². The molecule has 1 aliphatic carbocycles. The third-order valence-electron chi connectivity index (χ3n) is 6.55. The number of aryl methyl sites for hydroxylation is 1. The maximum Gasteiger partial charge on any atom is 0.251 e. The zero-order valence-electron chi connectivity index (χ0n) is 18.6. The summed E-state index contributed by atoms with van der Waals surface area (Å²) >= 11 is 1.54. The molecule has 170 valence electrons. The summed E-state index contributed by atoms with van der Waals surface area (Å²) < 4.78 is 29.0. The normalized spacial score (nSPS) is 17.4. The molecule has 1 fully saturated rings. The highest BCUT2D eigenvalue weighted by Crippen LogP contribution is 2.65. The third kappa shape index (κ3) is 5.63. The van der Waals surface area contributed by atoms with Gasteiger partial charge in [0.2, 0.25) is 5.91 Å². The van der Waals surface area contributed by atoms with Crippen LogP contribution < -0.4 is 5.32 Å². The van der Waals surface area contributed by atoms with Crippen molar-refractivity contribution in [1.82, 2.24) is 10.2 Å². The van der Waals surface area contributed by atoms with Gasteiger partial charge in [0.15, 0.2) is 0 Å². The molecule has 7 heteroatoms. The highest BCUT2D eigenvalue weighted by atomic mass is 32.1. The Bertz CT molecular complexity index is 886. The van der Waals surface area contributed by atoms with Crippen molar-refractivity contribution in [3.8, 4) is 5.75 Å². The number of carbonyl (C=O) groups excluding carboxylic acids is 1. The van der Waals surface area contributed by atoms with Crippen molar-refractivity contribution < 1.29 is 18.7 Å². The molecule has 1 aromatic carbocycles. The summed E-state index contributed by atoms with van der Waals surface area (Å²) in [5, 5.41) is 14.4. The molecular formula is C24H32F2N2O2S. The Morgan fingerprint density at radius 3 is 2.42 bits per heavy atom. The van der Waals surface area contributed by atoms with Crippen molar-refractivity contribution in [1.29, 1.82) is 0 Å². The van der Waals surface area contributed by atoms with Gasteiger partial charge in [-0.15, -0.1) is 11.3 Å². The average molecular weight is 451 g/mol. The first-order chi connectivity index (χ1) is 14.5. The van der Waals surface area contributed by atoms with E-state index in [1.807, 2.05) is 49.5 Å². The molecule has 0 saturated heterocycles. The molecule has 2 aromatic rings. The number of phenols is 1. The predicted octanol–water partition coefficient (Wildman–Crippen LogP) is 4.96. The summed E-state index contributed by atoms with van der Waals surface area (Å²) in [6.45, 7) is 3.38. The SMILES string of the molecule is Cc1cc([C@H](CC(=O)NC[C@H](Cc2ccc(O)cc2)N(C)C)C2(C(C)(F)F)CC2)cs1. The molecule has 1 heterocycles. The number of nitrogens with one attached hydrogen (secondary N) is 1. The van der Waals surface area contributed by atoms with Gasteiger partial charge in [0.25, 0.3) is 5.92 Å². The Balaban J connectivity index is 1.67. The van der Waals surface area contributed by atoms with E-state index >= 15 is 0 Å². The van der Waals surface area contributed by atoms with Crippen molar-refractivity contribution in [3.63, 3.8) is 0 Å². The Morgan fingerprint density at radius 2 is 1.94 bits per heavy atom. The minimum Gasteiger partial charge on any atom is -0.508 e. The highest BCUT2D eigenvalue weighted by molar-refractivity contribution is 7.10. The second-order valence-electron chi connectivity index (χ2n) is 9.08. The van der Waals surface area contributed by atoms with E-state index in [0.29, 0.717) is 25.8 Å². The molecular weight excluding hydrogens is 418 g/mol. The highest BCUT2D eigenvalue weighted by Gasteiger charge is 2.63. The van der Waals surface area contributed by atoms with Crippen LogP contribution in [0.15, 0.2) is 35.7 Å². The van der Waals surface area contributed by atoms with Gasteiger partial charge in [-0.25, -0.2) is 8.78 Å². The molecule has 31 heavy (non-hydrogen) atoms. The standard InChI is InChI=1S/C24H32F2N2O2S/c1-16-11-18(15-31-16)21(24(9-10-24)23(2,25)26)13-22(30)27-14-19(28(3)4)12-17-5-7-20(29)8-6-17/h5-8,11,15,19,21,29H,9-10,12-14H2,1-4H3,(H,27,30)/t19-,21-/m0/s1. The van der Waals surface area contributed by atoms with E-state index in [-0.39, 0.29) is 24.1 Å². The summed E-state index contributed by atoms with van der Waals surface area (Å²) in [4.78, 5) is 16.0. The van der Waals surface area contributed by atoms with Gasteiger partial charge in [-0.3, -0.25) is 4.79 Å². The van der Waals surface area contributed by atoms with Gasteiger partial charge in [0.1, 0.15) is 5.75 Å². The number of alkyl halides is 2. The van der Waals surface area contributed by atoms with Crippen molar-refractivity contribution in [3.05, 3.63) is 51.7 Å². The predicted molar refractivity (Wildman–Crippen MR) is 121 cm³/mol. The van der Waals surface area contributed by atoms with E-state index in [1.165, 1.54) is 11.3 Å². The van der Waals surface area contributed by atoms with Gasteiger partial charge < -0.3 is 15.3 Å². The third-order valence-corrected chi connectivity index (χ3v) is 7.43. The maximum atomic E-state index is 14.5. The average Bonchev–Trinajstić information content (AvgIpc) is 3.40. The number of phenolic OH excluding ortho intramolecular Hbond substituents is 1. The zero-order valence-corrected chi connectivity index (χ0v) is 19.4. The molecule has 0 bridgehead atoms. The number of carbonyl (C=O) groups is 1. The van der Waals surface area contributed by atoms with Crippen LogP contribution in [0.4, 0.5) is 8.78 Å². The fourth-order valence-electron chi connectivity index (χ4n) is 4.34. The molecule has 1 aliphatic rings. The van der Waals surface area contributed by atoms with Crippen molar-refractivity contribution in [2.24, 2.45) is 5.41 Å². The van der Waals surface area contributed by atoms with E-state index in [0.717, 1.165) is 22.9 Å². The maximum absolute atomic E-state index is 14.5. The van der Waals surface area contributed by atoms with E-state index in [4.69, 9.17) is 0 Å². The monoisotopic (exact) mass is 450 g/mol. The molecule has 1 aromatic heterocycles. The molecule has 4 nitrogen and oxygen atoms in total. The number of hydrogen-bond donors (Lipinski definition) is 2. The van der Waals surface area contributed by atoms with Gasteiger partial charge in [-0.2, -0.15) is 0 Å². The molecule has 2 atom stereocenters. The summed E-state index contributed by atoms with van der Waals surface area (Å²) in [7, 11) is 3.90. The topological polar surface area (TPSA) is 52.6 Å². The van der Waals surface area contributed by atoms with E-state index in [9.17, 15) is 18.7 Å². The summed E-state index contributed by atoms with van der Waals surface area (Å²) in [5.41, 5.74) is 0.787. The number of benzene rings is 1. The van der Waals surface area contributed by atoms with Crippen molar-refractivity contribution >= 4 is 17.2 Å². The lowest BCUT2D eigenvalue weighted by Crippen LogP contribution is -2.42. The zero-order chi connectivity index (χ0) is 22.8. The van der Waals surface area contributed by atoms with Crippen LogP contribution in [0.3, 0.4) is 0 Å². The number of amides is 1. The van der Waals surface area contributed by atoms with Crippen LogP contribution in [0.1, 0.15) is 48.1 Å². The number of aromatic hydroxyl groups is 1. The van der Waals surface area contributed by atoms with Gasteiger partial charge in [-0.05, 0) is 81.9 Å². The number of likely N-dealkylation sites (N-methyl/N-ethyl adjacent to an activating group) is 1. The molecule has 0 radical (unpaired) electrons. The van der Waals surface area contributed by atoms with Gasteiger partial charge in [0.05, 0.1) is 0 Å². The Kier molecular flexibility index (Phi) is 7.06. The number of hydrogen-bond acceptors (Lipinski definition) is 4. The lowest BCUT2D eigenvalue weighted by molar-refractivity contribution is -0.123. The fourth-order valence-corrected chi connectivity index (χ4v) is 5.10. The lowest BCUT2D eigenvalue weighted by Gasteiger charge is -2.32. The Morgan fingerprint density at radius 1 is 1.29 bits per heavy atom. The second-order valence-corrected chi connectivity index (χ2v) is 10.2. The first-order valence-corrected chi connectivity index (χ1v) is 11.5. The smallest absolute Gasteiger partial charge is 0.251 e. The summed E-state index contributed by atoms with van der Waals surface area (Å²) in [6, 6.07) is 9.02. The Hall–Kier alpha value is -1.99. The summed E-state index contributed by atoms with van der Waals surface area (Å²) in [6.07, 6.45) is 1.67. The van der Waals surface area contributed by atoms with Gasteiger partial charge in [-0.1, -0.05) is 12.1 Å². The molecule has 0 aliphatic heterocycles. The van der Waals surface area contributed by atoms with Crippen LogP contribution in [0.5, 0.6) is 5.75 Å². The van der Waals surface area contributed by atoms with Crippen LogP contribution in [0.25, 0.3) is 0 Å². The Labute approximate surface area is 187 Å². The van der Waals surface area contributed by atoms with Crippen LogP contribution in [0.2, 0.25) is 0 Å². The van der Waals surface area contributed by atoms with E-state index in [2.05, 4.69) is 5.32 Å². The van der Waals surface area contributed by atoms with Crippen LogP contribution in [0, 0.1) is 12.3 Å². The number of nitrogens with zero attached hydrogens (tertiary/aromatic N) is 1. The van der Waals surface area contributed by atoms with Gasteiger partial charge in [0, 0.05) is 35.2 Å². The number of halogens is 2. The minimum atomic E-state index is -2.82. The molecule has 0 spiro atoms. The van der Waals surface area contributed by atoms with Crippen LogP contribution >= 0.6 is 11.3 Å². The minimum absolute atomic E-state index is 0.0536. The first-order valence-electron chi connectivity index (χ1n) is 10.7. The molecule has 1 amide bonds. The van der Waals surface area contributed by atoms with Crippen molar-refractivity contribution in [2.75, 3.05) is 20.6 Å². The largest absolute Gasteiger partial charge is 0.508 e. The number of rotatable bonds is 10. The summed E-state index contributed by atoms with van der Waals surface area (Å²) in [5.74, 6) is -3.28.